The molecular weight excluding hydrogens is 377 g/mol. The van der Waals surface area contributed by atoms with E-state index in [2.05, 4.69) is 4.74 Å². The molecule has 1 unspecified atom stereocenters. The Kier molecular flexibility index (Phi) is 4.66. The molecule has 1 aromatic rings. The van der Waals surface area contributed by atoms with Gasteiger partial charge in [-0.2, -0.15) is 8.78 Å². The highest BCUT2D eigenvalue weighted by atomic mass is 127. The summed E-state index contributed by atoms with van der Waals surface area (Å²) in [6.07, 6.45) is -2.22. The van der Waals surface area contributed by atoms with Crippen molar-refractivity contribution >= 4 is 34.5 Å². The monoisotopic (exact) mass is 385 g/mol. The molecule has 0 aliphatic carbocycles. The van der Waals surface area contributed by atoms with Gasteiger partial charge in [-0.15, -0.1) is 0 Å². The number of hydrogen-bond donors (Lipinski definition) is 1. The van der Waals surface area contributed by atoms with E-state index in [9.17, 15) is 28.6 Å². The maximum Gasteiger partial charge on any atom is 0.342 e. The minimum Gasteiger partial charge on any atom is -0.544 e. The summed E-state index contributed by atoms with van der Waals surface area (Å²) in [6.45, 7) is 0.721. The number of carboxylic acid groups (broad SMARTS) is 1. The first kappa shape index (κ1) is 15.6. The number of carboxylic acids is 1. The molecule has 19 heavy (non-hydrogen) atoms. The summed E-state index contributed by atoms with van der Waals surface area (Å²) in [5.41, 5.74) is -0.326. The molecule has 1 atom stereocenters. The molecule has 104 valence electrons. The number of aliphatic carboxylic acids is 1. The van der Waals surface area contributed by atoms with Crippen LogP contribution in [0.4, 0.5) is 8.78 Å². The third-order valence-corrected chi connectivity index (χ3v) is 2.92. The van der Waals surface area contributed by atoms with Gasteiger partial charge in [0.05, 0.1) is 0 Å². The molecule has 1 aromatic carbocycles. The number of phenols is 1. The van der Waals surface area contributed by atoms with Crippen LogP contribution in [0.2, 0.25) is 0 Å². The number of rotatable bonds is 4. The van der Waals surface area contributed by atoms with Crippen molar-refractivity contribution in [2.45, 2.75) is 19.0 Å². The standard InChI is InChI=1S/C11H9F2IO5/c1-5(11(12,13)10(17)18)19-9(16)7-4-6(14)2-3-8(7)15/h2-5,15H,1H3,(H,17,18)/p-1. The SMILES string of the molecule is CC(OC(=O)c1cc(I)ccc1O)C(F)(F)C(=O)[O-]. The first-order valence-corrected chi connectivity index (χ1v) is 6.03. The molecule has 0 aliphatic rings. The van der Waals surface area contributed by atoms with E-state index in [4.69, 9.17) is 0 Å². The average molecular weight is 385 g/mol. The number of ether oxygens (including phenoxy) is 1. The highest BCUT2D eigenvalue weighted by Crippen LogP contribution is 2.25. The molecule has 0 saturated carbocycles. The fraction of sp³-hybridized carbons (Fsp3) is 0.273. The molecule has 0 fully saturated rings. The zero-order valence-corrected chi connectivity index (χ0v) is 11.7. The van der Waals surface area contributed by atoms with Gasteiger partial charge in [-0.25, -0.2) is 4.79 Å². The van der Waals surface area contributed by atoms with Crippen molar-refractivity contribution in [2.24, 2.45) is 0 Å². The minimum atomic E-state index is -4.31. The van der Waals surface area contributed by atoms with Crippen molar-refractivity contribution in [3.05, 3.63) is 27.3 Å². The quantitative estimate of drug-likeness (QED) is 0.616. The van der Waals surface area contributed by atoms with Crippen molar-refractivity contribution < 1.29 is 33.3 Å². The molecule has 0 amide bonds. The van der Waals surface area contributed by atoms with Crippen molar-refractivity contribution in [3.63, 3.8) is 0 Å². The van der Waals surface area contributed by atoms with E-state index in [0.29, 0.717) is 3.57 Å². The van der Waals surface area contributed by atoms with E-state index in [0.717, 1.165) is 6.92 Å². The number of alkyl halides is 2. The van der Waals surface area contributed by atoms with Gasteiger partial charge >= 0.3 is 11.9 Å². The van der Waals surface area contributed by atoms with Gasteiger partial charge < -0.3 is 19.7 Å². The molecule has 1 N–H and O–H groups in total. The second kappa shape index (κ2) is 5.68. The van der Waals surface area contributed by atoms with E-state index in [1.807, 2.05) is 22.6 Å². The number of carbonyl (C=O) groups is 2. The second-order valence-corrected chi connectivity index (χ2v) is 4.87. The van der Waals surface area contributed by atoms with Gasteiger partial charge in [0, 0.05) is 3.57 Å². The fourth-order valence-corrected chi connectivity index (χ4v) is 1.63. The van der Waals surface area contributed by atoms with Crippen molar-refractivity contribution in [2.75, 3.05) is 0 Å². The molecule has 1 rings (SSSR count). The lowest BCUT2D eigenvalue weighted by Gasteiger charge is -2.24. The van der Waals surface area contributed by atoms with Crippen LogP contribution >= 0.6 is 22.6 Å². The smallest absolute Gasteiger partial charge is 0.342 e. The maximum absolute atomic E-state index is 13.0. The highest BCUT2D eigenvalue weighted by Gasteiger charge is 2.41. The average Bonchev–Trinajstić information content (AvgIpc) is 2.31. The van der Waals surface area contributed by atoms with Crippen molar-refractivity contribution in [1.82, 2.24) is 0 Å². The van der Waals surface area contributed by atoms with Gasteiger partial charge in [0.15, 0.2) is 6.10 Å². The molecule has 0 radical (unpaired) electrons. The van der Waals surface area contributed by atoms with E-state index >= 15 is 0 Å². The minimum absolute atomic E-state index is 0.326. The Hall–Kier alpha value is -1.45. The van der Waals surface area contributed by atoms with Crippen LogP contribution in [0.15, 0.2) is 18.2 Å². The summed E-state index contributed by atoms with van der Waals surface area (Å²) in [6, 6.07) is 3.91. The maximum atomic E-state index is 13.0. The topological polar surface area (TPSA) is 86.7 Å². The predicted molar refractivity (Wildman–Crippen MR) is 65.7 cm³/mol. The normalized spacial score (nSPS) is 12.8. The number of carbonyl (C=O) groups excluding carboxylic acids is 2. The van der Waals surface area contributed by atoms with Gasteiger partial charge in [-0.3, -0.25) is 0 Å². The summed E-state index contributed by atoms with van der Waals surface area (Å²) in [5, 5.41) is 19.6. The largest absolute Gasteiger partial charge is 0.544 e. The van der Waals surface area contributed by atoms with Gasteiger partial charge in [0.2, 0.25) is 0 Å². The van der Waals surface area contributed by atoms with Crippen LogP contribution in [-0.4, -0.2) is 29.1 Å². The van der Waals surface area contributed by atoms with Crippen LogP contribution in [0.3, 0.4) is 0 Å². The van der Waals surface area contributed by atoms with Crippen LogP contribution in [0, 0.1) is 3.57 Å². The third kappa shape index (κ3) is 3.52. The second-order valence-electron chi connectivity index (χ2n) is 3.62. The molecule has 0 aliphatic heterocycles. The number of halogens is 3. The van der Waals surface area contributed by atoms with Crippen LogP contribution < -0.4 is 5.11 Å². The molecule has 0 heterocycles. The number of aromatic hydroxyl groups is 1. The van der Waals surface area contributed by atoms with Crippen LogP contribution in [0.1, 0.15) is 17.3 Å². The zero-order valence-electron chi connectivity index (χ0n) is 9.52. The molecule has 0 spiro atoms. The number of benzene rings is 1. The zero-order chi connectivity index (χ0) is 14.8. The summed E-state index contributed by atoms with van der Waals surface area (Å²) in [7, 11) is 0. The van der Waals surface area contributed by atoms with E-state index in [-0.39, 0.29) is 5.56 Å². The molecule has 0 aromatic heterocycles. The van der Waals surface area contributed by atoms with Crippen LogP contribution in [0.25, 0.3) is 0 Å². The summed E-state index contributed by atoms with van der Waals surface area (Å²) >= 11 is 1.84. The van der Waals surface area contributed by atoms with E-state index < -0.39 is 29.7 Å². The van der Waals surface area contributed by atoms with E-state index in [1.54, 1.807) is 0 Å². The van der Waals surface area contributed by atoms with Crippen molar-refractivity contribution in [3.8, 4) is 5.75 Å². The summed E-state index contributed by atoms with van der Waals surface area (Å²) < 4.78 is 30.9. The highest BCUT2D eigenvalue weighted by molar-refractivity contribution is 14.1. The molecule has 5 nitrogen and oxygen atoms in total. The summed E-state index contributed by atoms with van der Waals surface area (Å²) in [5.74, 6) is -8.65. The first-order chi connectivity index (χ1) is 8.66. The van der Waals surface area contributed by atoms with Crippen LogP contribution in [-0.2, 0) is 9.53 Å². The van der Waals surface area contributed by atoms with Crippen molar-refractivity contribution in [1.29, 1.82) is 0 Å². The molecule has 0 saturated heterocycles. The number of phenolic OH excluding ortho intramolecular Hbond substituents is 1. The fourth-order valence-electron chi connectivity index (χ4n) is 1.14. The van der Waals surface area contributed by atoms with Gasteiger partial charge in [0.1, 0.15) is 17.3 Å². The Balaban J connectivity index is 2.91. The van der Waals surface area contributed by atoms with Gasteiger partial charge in [-0.05, 0) is 47.7 Å². The Morgan fingerprint density at radius 2 is 2.05 bits per heavy atom. The third-order valence-electron chi connectivity index (χ3n) is 2.25. The lowest BCUT2D eigenvalue weighted by Crippen LogP contribution is -2.50. The Morgan fingerprint density at radius 1 is 1.47 bits per heavy atom. The summed E-state index contributed by atoms with van der Waals surface area (Å²) in [4.78, 5) is 21.8. The Labute approximate surface area is 120 Å². The Morgan fingerprint density at radius 3 is 2.58 bits per heavy atom. The van der Waals surface area contributed by atoms with E-state index in [1.165, 1.54) is 18.2 Å². The number of hydrogen-bond acceptors (Lipinski definition) is 5. The number of esters is 1. The molecular formula is C11H8F2IO5-. The lowest BCUT2D eigenvalue weighted by atomic mass is 10.2. The Bertz CT molecular complexity index is 518. The van der Waals surface area contributed by atoms with Gasteiger partial charge in [0.25, 0.3) is 0 Å². The molecule has 0 bridgehead atoms. The molecule has 8 heteroatoms. The van der Waals surface area contributed by atoms with Crippen LogP contribution in [0.5, 0.6) is 5.75 Å². The predicted octanol–water partition coefficient (Wildman–Crippen LogP) is 0.927. The first-order valence-electron chi connectivity index (χ1n) is 4.95. The lowest BCUT2D eigenvalue weighted by molar-refractivity contribution is -0.335. The van der Waals surface area contributed by atoms with Gasteiger partial charge in [-0.1, -0.05) is 0 Å².